The highest BCUT2D eigenvalue weighted by Gasteiger charge is 2.23. The van der Waals surface area contributed by atoms with Crippen LogP contribution in [-0.2, 0) is 0 Å². The maximum absolute atomic E-state index is 5.40. The van der Waals surface area contributed by atoms with Gasteiger partial charge < -0.3 is 5.32 Å². The Labute approximate surface area is 117 Å². The van der Waals surface area contributed by atoms with E-state index in [0.717, 1.165) is 37.4 Å². The summed E-state index contributed by atoms with van der Waals surface area (Å²) >= 11 is 0. The quantitative estimate of drug-likeness (QED) is 0.637. The number of benzene rings is 1. The predicted molar refractivity (Wildman–Crippen MR) is 82.1 cm³/mol. The third-order valence-corrected chi connectivity index (χ3v) is 4.07. The first-order valence-corrected chi connectivity index (χ1v) is 7.16. The smallest absolute Gasteiger partial charge is 0.0242 e. The minimum absolute atomic E-state index is 0.607. The average Bonchev–Trinajstić information content (AvgIpc) is 2.47. The van der Waals surface area contributed by atoms with Crippen LogP contribution in [0.15, 0.2) is 36.4 Å². The van der Waals surface area contributed by atoms with Crippen molar-refractivity contribution >= 4 is 0 Å². The van der Waals surface area contributed by atoms with Crippen molar-refractivity contribution in [3.8, 4) is 12.3 Å². The summed E-state index contributed by atoms with van der Waals surface area (Å²) in [6.45, 7) is 8.52. The summed E-state index contributed by atoms with van der Waals surface area (Å²) in [7, 11) is 0. The fraction of sp³-hybridized carbons (Fsp3) is 0.444. The van der Waals surface area contributed by atoms with Gasteiger partial charge in [-0.05, 0) is 55.3 Å². The molecule has 100 valence electrons. The Bertz CT molecular complexity index is 463. The monoisotopic (exact) mass is 253 g/mol. The highest BCUT2D eigenvalue weighted by Crippen LogP contribution is 2.30. The Morgan fingerprint density at radius 2 is 2.11 bits per heavy atom. The van der Waals surface area contributed by atoms with Gasteiger partial charge in [0.1, 0.15) is 0 Å². The highest BCUT2D eigenvalue weighted by atomic mass is 14.9. The van der Waals surface area contributed by atoms with Crippen molar-refractivity contribution < 1.29 is 0 Å². The molecule has 1 fully saturated rings. The Morgan fingerprint density at radius 3 is 2.74 bits per heavy atom. The molecule has 1 nitrogen and oxygen atoms in total. The lowest BCUT2D eigenvalue weighted by Gasteiger charge is -2.31. The van der Waals surface area contributed by atoms with E-state index in [2.05, 4.69) is 36.9 Å². The van der Waals surface area contributed by atoms with Gasteiger partial charge in [-0.3, -0.25) is 0 Å². The van der Waals surface area contributed by atoms with Crippen LogP contribution in [-0.4, -0.2) is 13.1 Å². The minimum atomic E-state index is 0.607. The van der Waals surface area contributed by atoms with Crippen LogP contribution in [0.5, 0.6) is 0 Å². The molecule has 2 rings (SSSR count). The SMILES string of the molecule is C#Cc1ccc(C2CNCC(CC(=C)CC)C2)cc1. The molecule has 1 aliphatic rings. The van der Waals surface area contributed by atoms with Crippen LogP contribution in [0.2, 0.25) is 0 Å². The normalized spacial score (nSPS) is 22.7. The largest absolute Gasteiger partial charge is 0.316 e. The molecule has 0 spiro atoms. The van der Waals surface area contributed by atoms with Gasteiger partial charge in [-0.15, -0.1) is 6.42 Å². The van der Waals surface area contributed by atoms with Gasteiger partial charge in [0.25, 0.3) is 0 Å². The van der Waals surface area contributed by atoms with Crippen LogP contribution in [0.25, 0.3) is 0 Å². The van der Waals surface area contributed by atoms with Crippen molar-refractivity contribution in [3.05, 3.63) is 47.5 Å². The first kappa shape index (κ1) is 13.9. The third-order valence-electron chi connectivity index (χ3n) is 4.07. The molecule has 1 heteroatoms. The van der Waals surface area contributed by atoms with Crippen molar-refractivity contribution in [2.45, 2.75) is 32.1 Å². The van der Waals surface area contributed by atoms with Crippen molar-refractivity contribution in [2.24, 2.45) is 5.92 Å². The number of piperidine rings is 1. The number of hydrogen-bond donors (Lipinski definition) is 1. The van der Waals surface area contributed by atoms with Gasteiger partial charge in [-0.1, -0.05) is 37.1 Å². The van der Waals surface area contributed by atoms with Crippen LogP contribution in [0.1, 0.15) is 43.2 Å². The molecule has 1 N–H and O–H groups in total. The molecule has 1 aromatic carbocycles. The van der Waals surface area contributed by atoms with Gasteiger partial charge in [-0.25, -0.2) is 0 Å². The fourth-order valence-electron chi connectivity index (χ4n) is 2.84. The van der Waals surface area contributed by atoms with E-state index in [9.17, 15) is 0 Å². The molecule has 19 heavy (non-hydrogen) atoms. The zero-order valence-electron chi connectivity index (χ0n) is 11.8. The summed E-state index contributed by atoms with van der Waals surface area (Å²) in [5, 5.41) is 3.56. The standard InChI is InChI=1S/C18H23N/c1-4-14(3)10-16-11-18(13-19-12-16)17-8-6-15(5-2)7-9-17/h2,6-9,16,18-19H,3-4,10-13H2,1H3. The molecule has 2 atom stereocenters. The third kappa shape index (κ3) is 3.72. The van der Waals surface area contributed by atoms with E-state index in [-0.39, 0.29) is 0 Å². The molecular weight excluding hydrogens is 230 g/mol. The minimum Gasteiger partial charge on any atom is -0.316 e. The van der Waals surface area contributed by atoms with Crippen molar-refractivity contribution in [1.82, 2.24) is 5.32 Å². The average molecular weight is 253 g/mol. The number of hydrogen-bond acceptors (Lipinski definition) is 1. The lowest BCUT2D eigenvalue weighted by Crippen LogP contribution is -2.35. The molecule has 0 radical (unpaired) electrons. The van der Waals surface area contributed by atoms with E-state index >= 15 is 0 Å². The highest BCUT2D eigenvalue weighted by molar-refractivity contribution is 5.35. The van der Waals surface area contributed by atoms with Crippen LogP contribution in [0, 0.1) is 18.3 Å². The number of rotatable bonds is 4. The number of nitrogens with one attached hydrogen (secondary N) is 1. The van der Waals surface area contributed by atoms with E-state index in [1.54, 1.807) is 0 Å². The van der Waals surface area contributed by atoms with Gasteiger partial charge in [0.15, 0.2) is 0 Å². The predicted octanol–water partition coefficient (Wildman–Crippen LogP) is 3.72. The second kappa shape index (κ2) is 6.59. The summed E-state index contributed by atoms with van der Waals surface area (Å²) in [5.41, 5.74) is 3.73. The summed E-state index contributed by atoms with van der Waals surface area (Å²) in [6, 6.07) is 8.45. The Hall–Kier alpha value is -1.52. The van der Waals surface area contributed by atoms with E-state index < -0.39 is 0 Å². The lowest BCUT2D eigenvalue weighted by atomic mass is 9.82. The van der Waals surface area contributed by atoms with E-state index in [0.29, 0.717) is 5.92 Å². The number of terminal acetylenes is 1. The van der Waals surface area contributed by atoms with E-state index in [1.165, 1.54) is 17.6 Å². The summed E-state index contributed by atoms with van der Waals surface area (Å²) in [5.74, 6) is 4.00. The summed E-state index contributed by atoms with van der Waals surface area (Å²) in [4.78, 5) is 0. The topological polar surface area (TPSA) is 12.0 Å². The molecule has 1 aromatic rings. The molecule has 0 amide bonds. The Morgan fingerprint density at radius 1 is 1.37 bits per heavy atom. The maximum Gasteiger partial charge on any atom is 0.0242 e. The molecule has 2 unspecified atom stereocenters. The zero-order chi connectivity index (χ0) is 13.7. The van der Waals surface area contributed by atoms with Crippen LogP contribution in [0.3, 0.4) is 0 Å². The molecule has 1 saturated heterocycles. The van der Waals surface area contributed by atoms with Crippen LogP contribution in [0.4, 0.5) is 0 Å². The molecule has 1 aliphatic heterocycles. The maximum atomic E-state index is 5.40. The van der Waals surface area contributed by atoms with Crippen LogP contribution < -0.4 is 5.32 Å². The second-order valence-corrected chi connectivity index (χ2v) is 5.53. The fourth-order valence-corrected chi connectivity index (χ4v) is 2.84. The molecular formula is C18H23N. The van der Waals surface area contributed by atoms with Crippen molar-refractivity contribution in [2.75, 3.05) is 13.1 Å². The summed E-state index contributed by atoms with van der Waals surface area (Å²) < 4.78 is 0. The summed E-state index contributed by atoms with van der Waals surface area (Å²) in [6.07, 6.45) is 8.90. The Kier molecular flexibility index (Phi) is 4.82. The van der Waals surface area contributed by atoms with Gasteiger partial charge in [0.05, 0.1) is 0 Å². The van der Waals surface area contributed by atoms with E-state index in [1.807, 2.05) is 12.1 Å². The van der Waals surface area contributed by atoms with Gasteiger partial charge in [-0.2, -0.15) is 0 Å². The van der Waals surface area contributed by atoms with E-state index in [4.69, 9.17) is 6.42 Å². The van der Waals surface area contributed by atoms with Crippen molar-refractivity contribution in [1.29, 1.82) is 0 Å². The number of allylic oxidation sites excluding steroid dienone is 1. The van der Waals surface area contributed by atoms with Gasteiger partial charge in [0, 0.05) is 12.1 Å². The first-order valence-electron chi connectivity index (χ1n) is 7.16. The first-order chi connectivity index (χ1) is 9.22. The zero-order valence-corrected chi connectivity index (χ0v) is 11.8. The molecule has 1 heterocycles. The van der Waals surface area contributed by atoms with Crippen molar-refractivity contribution in [3.63, 3.8) is 0 Å². The molecule has 0 aliphatic carbocycles. The van der Waals surface area contributed by atoms with Gasteiger partial charge >= 0.3 is 0 Å². The molecule has 0 bridgehead atoms. The second-order valence-electron chi connectivity index (χ2n) is 5.53. The molecule has 0 aromatic heterocycles. The Balaban J connectivity index is 2.00. The lowest BCUT2D eigenvalue weighted by molar-refractivity contribution is 0.338. The van der Waals surface area contributed by atoms with Crippen LogP contribution >= 0.6 is 0 Å². The van der Waals surface area contributed by atoms with Gasteiger partial charge in [0.2, 0.25) is 0 Å². The molecule has 0 saturated carbocycles.